The molecule has 1 aliphatic carbocycles. The van der Waals surface area contributed by atoms with E-state index in [1.807, 2.05) is 55.1 Å². The van der Waals surface area contributed by atoms with E-state index in [0.717, 1.165) is 76.1 Å². The summed E-state index contributed by atoms with van der Waals surface area (Å²) in [5, 5.41) is 7.58. The molecule has 14 heteroatoms. The summed E-state index contributed by atoms with van der Waals surface area (Å²) in [6, 6.07) is 15.9. The van der Waals surface area contributed by atoms with E-state index in [1.54, 1.807) is 27.3 Å². The third-order valence-electron chi connectivity index (χ3n) is 11.6. The van der Waals surface area contributed by atoms with Crippen molar-refractivity contribution >= 4 is 40.0 Å². The van der Waals surface area contributed by atoms with Gasteiger partial charge in [0, 0.05) is 81.5 Å². The SMILES string of the molecule is COCCN1CC2(CCN(C3CCc4cc(-c5cccc(-c6cccc(Nc7nc(C)cc8c7c(=O)n(C)c(=O)n8C)c6C)c5Cl)nc(OC)c43)C2)NC1=O. The first-order valence-corrected chi connectivity index (χ1v) is 18.9. The van der Waals surface area contributed by atoms with E-state index in [2.05, 4.69) is 26.6 Å². The van der Waals surface area contributed by atoms with Crippen LogP contribution in [0, 0.1) is 13.8 Å². The summed E-state index contributed by atoms with van der Waals surface area (Å²) < 4.78 is 13.8. The molecule has 3 aliphatic rings. The molecule has 286 valence electrons. The number of hydrogen-bond acceptors (Lipinski definition) is 9. The zero-order valence-electron chi connectivity index (χ0n) is 32.0. The highest BCUT2D eigenvalue weighted by molar-refractivity contribution is 6.36. The predicted octanol–water partition coefficient (Wildman–Crippen LogP) is 5.49. The van der Waals surface area contributed by atoms with E-state index >= 15 is 0 Å². The number of urea groups is 1. The number of halogens is 1. The van der Waals surface area contributed by atoms with Crippen molar-refractivity contribution in [2.45, 2.75) is 44.7 Å². The maximum Gasteiger partial charge on any atom is 0.330 e. The fraction of sp³-hybridized carbons (Fsp3) is 0.390. The molecule has 3 aromatic heterocycles. The lowest BCUT2D eigenvalue weighted by molar-refractivity contribution is 0.158. The Kier molecular flexibility index (Phi) is 9.43. The van der Waals surface area contributed by atoms with Gasteiger partial charge < -0.3 is 25.0 Å². The van der Waals surface area contributed by atoms with Crippen LogP contribution in [0.3, 0.4) is 0 Å². The molecule has 2 amide bonds. The molecular formula is C41H45ClN8O5. The molecule has 55 heavy (non-hydrogen) atoms. The number of ether oxygens (including phenoxy) is 2. The van der Waals surface area contributed by atoms with Crippen molar-refractivity contribution in [1.82, 2.24) is 34.2 Å². The first kappa shape index (κ1) is 36.7. The van der Waals surface area contributed by atoms with Crippen molar-refractivity contribution in [3.05, 3.63) is 96.8 Å². The lowest BCUT2D eigenvalue weighted by Gasteiger charge is -2.28. The third kappa shape index (κ3) is 6.24. The number of nitrogens with one attached hydrogen (secondary N) is 2. The Balaban J connectivity index is 1.10. The van der Waals surface area contributed by atoms with E-state index in [-0.39, 0.29) is 17.6 Å². The number of hydrogen-bond donors (Lipinski definition) is 2. The maximum absolute atomic E-state index is 13.3. The average Bonchev–Trinajstić information content (AvgIpc) is 3.88. The number of amides is 2. The maximum atomic E-state index is 13.3. The summed E-state index contributed by atoms with van der Waals surface area (Å²) in [4.78, 5) is 52.9. The van der Waals surface area contributed by atoms with Gasteiger partial charge in [0.05, 0.1) is 35.5 Å². The van der Waals surface area contributed by atoms with Crippen LogP contribution in [0.4, 0.5) is 16.3 Å². The molecule has 2 saturated heterocycles. The highest BCUT2D eigenvalue weighted by atomic mass is 35.5. The Hall–Kier alpha value is -5.24. The smallest absolute Gasteiger partial charge is 0.330 e. The van der Waals surface area contributed by atoms with E-state index in [4.69, 9.17) is 26.1 Å². The molecule has 5 aromatic rings. The van der Waals surface area contributed by atoms with Gasteiger partial charge in [-0.15, -0.1) is 0 Å². The molecule has 0 bridgehead atoms. The van der Waals surface area contributed by atoms with Crippen molar-refractivity contribution in [3.63, 3.8) is 0 Å². The molecule has 5 heterocycles. The molecule has 0 saturated carbocycles. The minimum atomic E-state index is -0.419. The van der Waals surface area contributed by atoms with Crippen molar-refractivity contribution < 1.29 is 14.3 Å². The zero-order valence-corrected chi connectivity index (χ0v) is 32.7. The molecule has 2 aromatic carbocycles. The Morgan fingerprint density at radius 2 is 1.75 bits per heavy atom. The molecule has 2 atom stereocenters. The number of pyridine rings is 2. The summed E-state index contributed by atoms with van der Waals surface area (Å²) in [5.41, 5.74) is 7.32. The number of aryl methyl sites for hydroxylation is 3. The highest BCUT2D eigenvalue weighted by Gasteiger charge is 2.49. The topological polar surface area (TPSA) is 136 Å². The van der Waals surface area contributed by atoms with Crippen molar-refractivity contribution in [2.24, 2.45) is 14.1 Å². The van der Waals surface area contributed by atoms with E-state index < -0.39 is 11.2 Å². The quantitative estimate of drug-likeness (QED) is 0.200. The fourth-order valence-corrected chi connectivity index (χ4v) is 9.06. The van der Waals surface area contributed by atoms with Crippen LogP contribution in [-0.2, 0) is 25.3 Å². The van der Waals surface area contributed by atoms with Gasteiger partial charge in [0.1, 0.15) is 11.2 Å². The van der Waals surface area contributed by atoms with Gasteiger partial charge in [-0.05, 0) is 68.0 Å². The molecular weight excluding hydrogens is 720 g/mol. The second-order valence-corrected chi connectivity index (χ2v) is 15.3. The van der Waals surface area contributed by atoms with Gasteiger partial charge in [-0.25, -0.2) is 19.6 Å². The van der Waals surface area contributed by atoms with E-state index in [0.29, 0.717) is 53.0 Å². The number of anilines is 2. The molecule has 1 spiro atoms. The van der Waals surface area contributed by atoms with Crippen LogP contribution in [0.25, 0.3) is 33.3 Å². The summed E-state index contributed by atoms with van der Waals surface area (Å²) in [5.74, 6) is 0.971. The summed E-state index contributed by atoms with van der Waals surface area (Å²) in [6.45, 7) is 7.25. The third-order valence-corrected chi connectivity index (χ3v) is 12.0. The standard InChI is InChI=1S/C41H45ClN8O5/c1-23-19-32-34(38(51)48(4)40(53)47(32)3)36(43-23)44-29-12-8-9-26(24(29)2)27-10-7-11-28(35(27)42)30-20-25-13-14-31(33(25)37(45-30)55-6)49-16-15-41(21-49)22-50(17-18-54-5)39(52)46-41/h7-12,19-20,31H,13-18,21-22H2,1-6H3,(H,43,44)(H,46,52). The van der Waals surface area contributed by atoms with Crippen LogP contribution in [0.5, 0.6) is 5.88 Å². The Morgan fingerprint density at radius 3 is 2.53 bits per heavy atom. The monoisotopic (exact) mass is 764 g/mol. The number of carbonyl (C=O) groups is 1. The molecule has 2 N–H and O–H groups in total. The molecule has 13 nitrogen and oxygen atoms in total. The number of rotatable bonds is 9. The van der Waals surface area contributed by atoms with Gasteiger partial charge in [0.2, 0.25) is 5.88 Å². The molecule has 0 radical (unpaired) electrons. The normalized spacial score (nSPS) is 19.4. The number of carbonyl (C=O) groups excluding carboxylic acids is 1. The molecule has 8 rings (SSSR count). The van der Waals surface area contributed by atoms with Gasteiger partial charge in [-0.3, -0.25) is 18.8 Å². The summed E-state index contributed by atoms with van der Waals surface area (Å²) in [7, 11) is 6.44. The van der Waals surface area contributed by atoms with Crippen molar-refractivity contribution in [3.8, 4) is 28.3 Å². The average molecular weight is 765 g/mol. The van der Waals surface area contributed by atoms with Crippen LogP contribution in [-0.4, -0.2) is 87.5 Å². The minimum Gasteiger partial charge on any atom is -0.481 e. The highest BCUT2D eigenvalue weighted by Crippen LogP contribution is 2.46. The van der Waals surface area contributed by atoms with Crippen LogP contribution < -0.4 is 26.6 Å². The van der Waals surface area contributed by atoms with Gasteiger partial charge in [-0.1, -0.05) is 41.9 Å². The van der Waals surface area contributed by atoms with E-state index in [9.17, 15) is 14.4 Å². The first-order valence-electron chi connectivity index (χ1n) is 18.5. The second-order valence-electron chi connectivity index (χ2n) is 15.0. The number of aromatic nitrogens is 4. The lowest BCUT2D eigenvalue weighted by Crippen LogP contribution is -2.46. The summed E-state index contributed by atoms with van der Waals surface area (Å²) in [6.07, 6.45) is 2.71. The van der Waals surface area contributed by atoms with Gasteiger partial charge >= 0.3 is 11.7 Å². The predicted molar refractivity (Wildman–Crippen MR) is 214 cm³/mol. The van der Waals surface area contributed by atoms with Crippen molar-refractivity contribution in [1.29, 1.82) is 0 Å². The number of likely N-dealkylation sites (tertiary alicyclic amines) is 1. The Bertz CT molecular complexity index is 2500. The van der Waals surface area contributed by atoms with Crippen LogP contribution in [0.15, 0.2) is 58.1 Å². The Labute approximate surface area is 323 Å². The van der Waals surface area contributed by atoms with Crippen molar-refractivity contribution in [2.75, 3.05) is 52.3 Å². The number of benzene rings is 2. The lowest BCUT2D eigenvalue weighted by atomic mass is 9.96. The van der Waals surface area contributed by atoms with Gasteiger partial charge in [0.15, 0.2) is 0 Å². The van der Waals surface area contributed by atoms with Gasteiger partial charge in [-0.2, -0.15) is 0 Å². The fourth-order valence-electron chi connectivity index (χ4n) is 8.74. The van der Waals surface area contributed by atoms with Crippen LogP contribution in [0.2, 0.25) is 5.02 Å². The van der Waals surface area contributed by atoms with Gasteiger partial charge in [0.25, 0.3) is 5.56 Å². The molecule has 2 fully saturated rings. The summed E-state index contributed by atoms with van der Waals surface area (Å²) >= 11 is 7.29. The zero-order chi connectivity index (χ0) is 38.8. The van der Waals surface area contributed by atoms with Crippen LogP contribution in [0.1, 0.15) is 41.3 Å². The number of fused-ring (bicyclic) bond motifs is 2. The largest absolute Gasteiger partial charge is 0.481 e. The molecule has 2 aliphatic heterocycles. The van der Waals surface area contributed by atoms with E-state index in [1.165, 1.54) is 17.2 Å². The Morgan fingerprint density at radius 1 is 0.982 bits per heavy atom. The van der Waals surface area contributed by atoms with Crippen LogP contribution >= 0.6 is 11.6 Å². The number of nitrogens with zero attached hydrogens (tertiary/aromatic N) is 6. The second kappa shape index (κ2) is 14.1. The number of methoxy groups -OCH3 is 2. The molecule has 2 unspecified atom stereocenters. The minimum absolute atomic E-state index is 0.0231. The first-order chi connectivity index (χ1) is 26.4.